The molecule has 4 rings (SSSR count). The van der Waals surface area contributed by atoms with Gasteiger partial charge in [0.1, 0.15) is 5.52 Å². The van der Waals surface area contributed by atoms with Crippen molar-refractivity contribution in [1.29, 1.82) is 0 Å². The highest BCUT2D eigenvalue weighted by molar-refractivity contribution is 9.10. The molecule has 0 saturated heterocycles. The Morgan fingerprint density at radius 2 is 1.92 bits per heavy atom. The van der Waals surface area contributed by atoms with Crippen molar-refractivity contribution in [1.82, 2.24) is 14.5 Å². The summed E-state index contributed by atoms with van der Waals surface area (Å²) in [5, 5.41) is 1.06. The molecule has 132 valence electrons. The highest BCUT2D eigenvalue weighted by Crippen LogP contribution is 2.35. The van der Waals surface area contributed by atoms with Crippen molar-refractivity contribution in [3.8, 4) is 0 Å². The SMILES string of the molecule is CCC(CCC(N)=O)n1c2ccc(Br)cc2c2nc3ccccc3nc21. The van der Waals surface area contributed by atoms with Crippen molar-refractivity contribution in [2.75, 3.05) is 0 Å². The summed E-state index contributed by atoms with van der Waals surface area (Å²) >= 11 is 3.56. The van der Waals surface area contributed by atoms with E-state index in [1.54, 1.807) is 0 Å². The fourth-order valence-electron chi connectivity index (χ4n) is 3.56. The van der Waals surface area contributed by atoms with Gasteiger partial charge in [-0.25, -0.2) is 9.97 Å². The minimum absolute atomic E-state index is 0.138. The van der Waals surface area contributed by atoms with E-state index in [1.807, 2.05) is 30.3 Å². The summed E-state index contributed by atoms with van der Waals surface area (Å²) in [7, 11) is 0. The lowest BCUT2D eigenvalue weighted by molar-refractivity contribution is -0.118. The van der Waals surface area contributed by atoms with Crippen LogP contribution >= 0.6 is 15.9 Å². The molecule has 6 heteroatoms. The number of hydrogen-bond acceptors (Lipinski definition) is 3. The van der Waals surface area contributed by atoms with Gasteiger partial charge in [-0.05, 0) is 43.2 Å². The monoisotopic (exact) mass is 410 g/mol. The number of halogens is 1. The molecular weight excluding hydrogens is 392 g/mol. The van der Waals surface area contributed by atoms with Crippen LogP contribution < -0.4 is 5.73 Å². The Morgan fingerprint density at radius 3 is 2.62 bits per heavy atom. The lowest BCUT2D eigenvalue weighted by Crippen LogP contribution is -2.15. The van der Waals surface area contributed by atoms with E-state index in [0.717, 1.165) is 44.0 Å². The zero-order valence-corrected chi connectivity index (χ0v) is 16.0. The second kappa shape index (κ2) is 6.68. The van der Waals surface area contributed by atoms with Crippen LogP contribution in [-0.4, -0.2) is 20.4 Å². The normalized spacial score (nSPS) is 12.8. The second-order valence-electron chi connectivity index (χ2n) is 6.48. The molecule has 0 saturated carbocycles. The molecule has 0 spiro atoms. The number of aromatic nitrogens is 3. The molecule has 2 aromatic carbocycles. The maximum atomic E-state index is 11.3. The molecule has 2 aromatic heterocycles. The molecular formula is C20H19BrN4O. The van der Waals surface area contributed by atoms with Gasteiger partial charge in [0.05, 0.1) is 16.6 Å². The standard InChI is InChI=1S/C20H19BrN4O/c1-2-13(8-10-18(22)26)25-17-9-7-12(21)11-14(17)19-20(25)24-16-6-4-3-5-15(16)23-19/h3-7,9,11,13H,2,8,10H2,1H3,(H2,22,26). The van der Waals surface area contributed by atoms with Crippen LogP contribution in [-0.2, 0) is 4.79 Å². The number of primary amides is 1. The highest BCUT2D eigenvalue weighted by atomic mass is 79.9. The Bertz CT molecular complexity index is 1130. The molecule has 2 heterocycles. The molecule has 0 radical (unpaired) electrons. The average molecular weight is 411 g/mol. The Balaban J connectivity index is 2.04. The molecule has 1 unspecified atom stereocenters. The summed E-state index contributed by atoms with van der Waals surface area (Å²) in [6.07, 6.45) is 1.93. The van der Waals surface area contributed by atoms with Crippen LogP contribution in [0, 0.1) is 0 Å². The molecule has 0 aliphatic rings. The number of hydrogen-bond donors (Lipinski definition) is 1. The maximum absolute atomic E-state index is 11.3. The number of carbonyl (C=O) groups is 1. The predicted octanol–water partition coefficient (Wildman–Crippen LogP) is 4.72. The Hall–Kier alpha value is -2.47. The topological polar surface area (TPSA) is 73.8 Å². The van der Waals surface area contributed by atoms with Crippen molar-refractivity contribution in [2.24, 2.45) is 5.73 Å². The van der Waals surface area contributed by atoms with Crippen LogP contribution in [0.3, 0.4) is 0 Å². The summed E-state index contributed by atoms with van der Waals surface area (Å²) < 4.78 is 3.23. The molecule has 4 aromatic rings. The molecule has 0 aliphatic heterocycles. The Morgan fingerprint density at radius 1 is 1.19 bits per heavy atom. The first-order valence-electron chi connectivity index (χ1n) is 8.72. The van der Waals surface area contributed by atoms with Gasteiger partial charge in [-0.15, -0.1) is 0 Å². The van der Waals surface area contributed by atoms with Crippen LogP contribution in [0.25, 0.3) is 33.1 Å². The fraction of sp³-hybridized carbons (Fsp3) is 0.250. The van der Waals surface area contributed by atoms with Crippen LogP contribution in [0.5, 0.6) is 0 Å². The van der Waals surface area contributed by atoms with Gasteiger partial charge in [-0.3, -0.25) is 4.79 Å². The number of carbonyl (C=O) groups excluding carboxylic acids is 1. The molecule has 1 amide bonds. The van der Waals surface area contributed by atoms with Crippen molar-refractivity contribution >= 4 is 54.9 Å². The van der Waals surface area contributed by atoms with E-state index in [2.05, 4.69) is 39.6 Å². The third kappa shape index (κ3) is 2.84. The van der Waals surface area contributed by atoms with E-state index in [4.69, 9.17) is 15.7 Å². The summed E-state index contributed by atoms with van der Waals surface area (Å²) in [6.45, 7) is 2.12. The van der Waals surface area contributed by atoms with Gasteiger partial charge in [0.2, 0.25) is 5.91 Å². The van der Waals surface area contributed by atoms with Gasteiger partial charge in [0, 0.05) is 22.3 Å². The predicted molar refractivity (Wildman–Crippen MR) is 108 cm³/mol. The number of rotatable bonds is 5. The van der Waals surface area contributed by atoms with Crippen molar-refractivity contribution in [3.05, 3.63) is 46.9 Å². The lowest BCUT2D eigenvalue weighted by atomic mass is 10.1. The number of nitrogens with zero attached hydrogens (tertiary/aromatic N) is 3. The van der Waals surface area contributed by atoms with Gasteiger partial charge < -0.3 is 10.3 Å². The number of benzene rings is 2. The third-order valence-corrected chi connectivity index (χ3v) is 5.31. The molecule has 26 heavy (non-hydrogen) atoms. The zero-order valence-electron chi connectivity index (χ0n) is 14.4. The van der Waals surface area contributed by atoms with Crippen molar-refractivity contribution in [2.45, 2.75) is 32.2 Å². The van der Waals surface area contributed by atoms with Gasteiger partial charge in [0.15, 0.2) is 5.65 Å². The largest absolute Gasteiger partial charge is 0.370 e. The van der Waals surface area contributed by atoms with Gasteiger partial charge in [-0.1, -0.05) is 35.0 Å². The second-order valence-corrected chi connectivity index (χ2v) is 7.40. The van der Waals surface area contributed by atoms with E-state index >= 15 is 0 Å². The number of nitrogens with two attached hydrogens (primary N) is 1. The highest BCUT2D eigenvalue weighted by Gasteiger charge is 2.20. The van der Waals surface area contributed by atoms with E-state index in [-0.39, 0.29) is 11.9 Å². The lowest BCUT2D eigenvalue weighted by Gasteiger charge is -2.18. The number of para-hydroxylation sites is 2. The first-order valence-corrected chi connectivity index (χ1v) is 9.52. The molecule has 0 aliphatic carbocycles. The summed E-state index contributed by atoms with van der Waals surface area (Å²) in [5.41, 5.74) is 9.95. The minimum Gasteiger partial charge on any atom is -0.370 e. The van der Waals surface area contributed by atoms with Crippen LogP contribution in [0.1, 0.15) is 32.2 Å². The van der Waals surface area contributed by atoms with Crippen LogP contribution in [0.4, 0.5) is 0 Å². The van der Waals surface area contributed by atoms with Gasteiger partial charge >= 0.3 is 0 Å². The van der Waals surface area contributed by atoms with Crippen molar-refractivity contribution < 1.29 is 4.79 Å². The fourth-order valence-corrected chi connectivity index (χ4v) is 3.92. The van der Waals surface area contributed by atoms with E-state index < -0.39 is 0 Å². The summed E-state index contributed by atoms with van der Waals surface area (Å²) in [6, 6.07) is 14.2. The van der Waals surface area contributed by atoms with E-state index in [1.165, 1.54) is 0 Å². The first kappa shape index (κ1) is 17.0. The molecule has 0 bridgehead atoms. The molecule has 5 nitrogen and oxygen atoms in total. The van der Waals surface area contributed by atoms with Gasteiger partial charge in [0.25, 0.3) is 0 Å². The smallest absolute Gasteiger partial charge is 0.217 e. The van der Waals surface area contributed by atoms with Crippen molar-refractivity contribution in [3.63, 3.8) is 0 Å². The Labute approximate surface area is 159 Å². The maximum Gasteiger partial charge on any atom is 0.217 e. The first-order chi connectivity index (χ1) is 12.6. The van der Waals surface area contributed by atoms with E-state index in [0.29, 0.717) is 12.8 Å². The number of fused-ring (bicyclic) bond motifs is 4. The summed E-state index contributed by atoms with van der Waals surface area (Å²) in [4.78, 5) is 21.1. The quantitative estimate of drug-likeness (QED) is 0.517. The Kier molecular flexibility index (Phi) is 4.36. The average Bonchev–Trinajstić information content (AvgIpc) is 2.93. The van der Waals surface area contributed by atoms with Crippen LogP contribution in [0.15, 0.2) is 46.9 Å². The third-order valence-electron chi connectivity index (χ3n) is 4.81. The zero-order chi connectivity index (χ0) is 18.3. The van der Waals surface area contributed by atoms with Crippen LogP contribution in [0.2, 0.25) is 0 Å². The number of amides is 1. The van der Waals surface area contributed by atoms with E-state index in [9.17, 15) is 4.79 Å². The molecule has 1 atom stereocenters. The minimum atomic E-state index is -0.275. The van der Waals surface area contributed by atoms with Gasteiger partial charge in [-0.2, -0.15) is 0 Å². The summed E-state index contributed by atoms with van der Waals surface area (Å²) in [5.74, 6) is -0.275. The molecule has 2 N–H and O–H groups in total. The molecule has 0 fully saturated rings.